The van der Waals surface area contributed by atoms with Gasteiger partial charge in [0.2, 0.25) is 5.91 Å². The first-order chi connectivity index (χ1) is 10.3. The lowest BCUT2D eigenvalue weighted by Gasteiger charge is -2.05. The van der Waals surface area contributed by atoms with Gasteiger partial charge in [-0.15, -0.1) is 0 Å². The van der Waals surface area contributed by atoms with Gasteiger partial charge in [-0.2, -0.15) is 12.6 Å². The maximum atomic E-state index is 11.7. The SMILES string of the molecule is O=C(CCCCCCCCCCS)NCc1ccncc1. The number of rotatable bonds is 12. The Labute approximate surface area is 134 Å². The van der Waals surface area contributed by atoms with Gasteiger partial charge >= 0.3 is 0 Å². The molecule has 0 aliphatic heterocycles. The van der Waals surface area contributed by atoms with E-state index in [1.165, 1.54) is 38.5 Å². The van der Waals surface area contributed by atoms with E-state index in [9.17, 15) is 4.79 Å². The van der Waals surface area contributed by atoms with Crippen LogP contribution in [0.25, 0.3) is 0 Å². The average molecular weight is 308 g/mol. The van der Waals surface area contributed by atoms with Crippen LogP contribution in [0.1, 0.15) is 63.4 Å². The monoisotopic (exact) mass is 308 g/mol. The molecule has 1 N–H and O–H groups in total. The number of hydrogen-bond acceptors (Lipinski definition) is 3. The second-order valence-electron chi connectivity index (χ2n) is 5.43. The molecule has 0 atom stereocenters. The van der Waals surface area contributed by atoms with Crippen molar-refractivity contribution in [1.82, 2.24) is 10.3 Å². The Morgan fingerprint density at radius 3 is 2.14 bits per heavy atom. The summed E-state index contributed by atoms with van der Waals surface area (Å²) in [6.07, 6.45) is 14.0. The van der Waals surface area contributed by atoms with E-state index in [0.717, 1.165) is 24.2 Å². The Morgan fingerprint density at radius 1 is 0.952 bits per heavy atom. The minimum atomic E-state index is 0.153. The Kier molecular flexibility index (Phi) is 10.9. The summed E-state index contributed by atoms with van der Waals surface area (Å²) in [4.78, 5) is 15.6. The van der Waals surface area contributed by atoms with E-state index in [2.05, 4.69) is 22.9 Å². The first-order valence-electron chi connectivity index (χ1n) is 8.09. The van der Waals surface area contributed by atoms with Gasteiger partial charge in [0.15, 0.2) is 0 Å². The number of amides is 1. The molecule has 118 valence electrons. The van der Waals surface area contributed by atoms with Crippen LogP contribution in [0.15, 0.2) is 24.5 Å². The van der Waals surface area contributed by atoms with Gasteiger partial charge < -0.3 is 5.32 Å². The molecule has 0 fully saturated rings. The molecule has 0 aliphatic rings. The summed E-state index contributed by atoms with van der Waals surface area (Å²) in [5.41, 5.74) is 1.10. The fraction of sp³-hybridized carbons (Fsp3) is 0.647. The van der Waals surface area contributed by atoms with Crippen molar-refractivity contribution in [2.24, 2.45) is 0 Å². The Bertz CT molecular complexity index is 370. The highest BCUT2D eigenvalue weighted by atomic mass is 32.1. The molecule has 1 aromatic heterocycles. The van der Waals surface area contributed by atoms with Crippen molar-refractivity contribution in [3.05, 3.63) is 30.1 Å². The fourth-order valence-electron chi connectivity index (χ4n) is 2.25. The summed E-state index contributed by atoms with van der Waals surface area (Å²) in [7, 11) is 0. The van der Waals surface area contributed by atoms with Crippen molar-refractivity contribution in [3.8, 4) is 0 Å². The van der Waals surface area contributed by atoms with Crippen molar-refractivity contribution in [3.63, 3.8) is 0 Å². The summed E-state index contributed by atoms with van der Waals surface area (Å²) in [6, 6.07) is 3.85. The van der Waals surface area contributed by atoms with Crippen LogP contribution in [0.5, 0.6) is 0 Å². The van der Waals surface area contributed by atoms with E-state index >= 15 is 0 Å². The summed E-state index contributed by atoms with van der Waals surface area (Å²) in [6.45, 7) is 0.604. The zero-order chi connectivity index (χ0) is 15.2. The molecule has 1 heterocycles. The maximum absolute atomic E-state index is 11.7. The third-order valence-corrected chi connectivity index (χ3v) is 3.87. The average Bonchev–Trinajstić information content (AvgIpc) is 2.52. The molecule has 3 nitrogen and oxygen atoms in total. The van der Waals surface area contributed by atoms with Gasteiger partial charge in [0.05, 0.1) is 0 Å². The Morgan fingerprint density at radius 2 is 1.52 bits per heavy atom. The highest BCUT2D eigenvalue weighted by molar-refractivity contribution is 7.80. The van der Waals surface area contributed by atoms with E-state index in [4.69, 9.17) is 0 Å². The zero-order valence-electron chi connectivity index (χ0n) is 12.9. The van der Waals surface area contributed by atoms with Crippen LogP contribution in [0.2, 0.25) is 0 Å². The van der Waals surface area contributed by atoms with Crippen molar-refractivity contribution >= 4 is 18.5 Å². The Hall–Kier alpha value is -1.03. The smallest absolute Gasteiger partial charge is 0.220 e. The predicted molar refractivity (Wildman–Crippen MR) is 91.5 cm³/mol. The lowest BCUT2D eigenvalue weighted by Crippen LogP contribution is -2.22. The highest BCUT2D eigenvalue weighted by Crippen LogP contribution is 2.10. The number of unbranched alkanes of at least 4 members (excludes halogenated alkanes) is 7. The third-order valence-electron chi connectivity index (χ3n) is 3.55. The van der Waals surface area contributed by atoms with Crippen LogP contribution >= 0.6 is 12.6 Å². The van der Waals surface area contributed by atoms with Crippen molar-refractivity contribution in [2.45, 2.75) is 64.3 Å². The molecule has 0 unspecified atom stereocenters. The van der Waals surface area contributed by atoms with E-state index in [1.807, 2.05) is 12.1 Å². The molecule has 1 aromatic rings. The first-order valence-corrected chi connectivity index (χ1v) is 8.72. The number of nitrogens with one attached hydrogen (secondary N) is 1. The van der Waals surface area contributed by atoms with Gasteiger partial charge in [-0.05, 0) is 36.3 Å². The quantitative estimate of drug-likeness (QED) is 0.450. The largest absolute Gasteiger partial charge is 0.352 e. The van der Waals surface area contributed by atoms with Crippen molar-refractivity contribution in [2.75, 3.05) is 5.75 Å². The van der Waals surface area contributed by atoms with Gasteiger partial charge in [0.1, 0.15) is 0 Å². The van der Waals surface area contributed by atoms with Crippen LogP contribution in [0, 0.1) is 0 Å². The number of hydrogen-bond donors (Lipinski definition) is 2. The van der Waals surface area contributed by atoms with Crippen molar-refractivity contribution in [1.29, 1.82) is 0 Å². The minimum absolute atomic E-state index is 0.153. The first kappa shape index (κ1) is 18.0. The molecule has 1 amide bonds. The molecule has 0 aliphatic carbocycles. The van der Waals surface area contributed by atoms with Crippen LogP contribution in [-0.2, 0) is 11.3 Å². The molecule has 0 aromatic carbocycles. The number of aromatic nitrogens is 1. The van der Waals surface area contributed by atoms with E-state index in [-0.39, 0.29) is 5.91 Å². The molecule has 0 radical (unpaired) electrons. The topological polar surface area (TPSA) is 42.0 Å². The lowest BCUT2D eigenvalue weighted by molar-refractivity contribution is -0.121. The fourth-order valence-corrected chi connectivity index (χ4v) is 2.47. The summed E-state index contributed by atoms with van der Waals surface area (Å²) < 4.78 is 0. The second-order valence-corrected chi connectivity index (χ2v) is 5.88. The van der Waals surface area contributed by atoms with Crippen molar-refractivity contribution < 1.29 is 4.79 Å². The Balaban J connectivity index is 1.89. The molecule has 0 saturated heterocycles. The van der Waals surface area contributed by atoms with E-state index < -0.39 is 0 Å². The van der Waals surface area contributed by atoms with Gasteiger partial charge in [-0.1, -0.05) is 38.5 Å². The zero-order valence-corrected chi connectivity index (χ0v) is 13.8. The normalized spacial score (nSPS) is 10.5. The van der Waals surface area contributed by atoms with Gasteiger partial charge in [0, 0.05) is 25.4 Å². The van der Waals surface area contributed by atoms with Crippen LogP contribution < -0.4 is 5.32 Å². The van der Waals surface area contributed by atoms with Crippen LogP contribution in [-0.4, -0.2) is 16.6 Å². The van der Waals surface area contributed by atoms with E-state index in [1.54, 1.807) is 12.4 Å². The van der Waals surface area contributed by atoms with Gasteiger partial charge in [-0.25, -0.2) is 0 Å². The summed E-state index contributed by atoms with van der Waals surface area (Å²) in [5.74, 6) is 1.16. The maximum Gasteiger partial charge on any atom is 0.220 e. The summed E-state index contributed by atoms with van der Waals surface area (Å²) >= 11 is 4.21. The second kappa shape index (κ2) is 12.7. The minimum Gasteiger partial charge on any atom is -0.352 e. The number of carbonyl (C=O) groups is 1. The molecule has 0 bridgehead atoms. The molecule has 0 spiro atoms. The molecule has 1 rings (SSSR count). The molecule has 4 heteroatoms. The van der Waals surface area contributed by atoms with E-state index in [0.29, 0.717) is 13.0 Å². The number of nitrogens with zero attached hydrogens (tertiary/aromatic N) is 1. The number of thiol groups is 1. The van der Waals surface area contributed by atoms with Gasteiger partial charge in [0.25, 0.3) is 0 Å². The van der Waals surface area contributed by atoms with Crippen LogP contribution in [0.4, 0.5) is 0 Å². The lowest BCUT2D eigenvalue weighted by atomic mass is 10.1. The molecule has 21 heavy (non-hydrogen) atoms. The summed E-state index contributed by atoms with van der Waals surface area (Å²) in [5, 5.41) is 2.95. The number of pyridine rings is 1. The van der Waals surface area contributed by atoms with Crippen LogP contribution in [0.3, 0.4) is 0 Å². The standard InChI is InChI=1S/C17H28N2OS/c20-17(19-15-16-10-12-18-13-11-16)9-7-5-3-1-2-4-6-8-14-21/h10-13,21H,1-9,14-15H2,(H,19,20). The number of carbonyl (C=O) groups excluding carboxylic acids is 1. The third kappa shape index (κ3) is 10.4. The highest BCUT2D eigenvalue weighted by Gasteiger charge is 2.01. The predicted octanol–water partition coefficient (Wildman–Crippen LogP) is 4.14. The molecular formula is C17H28N2OS. The van der Waals surface area contributed by atoms with Gasteiger partial charge in [-0.3, -0.25) is 9.78 Å². The molecule has 0 saturated carbocycles. The molecular weight excluding hydrogens is 280 g/mol.